The molecule has 0 aromatic carbocycles. The molecular formula is C10H16BrN3O2S. The number of aromatic nitrogens is 2. The van der Waals surface area contributed by atoms with Crippen LogP contribution >= 0.6 is 15.9 Å². The molecule has 1 aliphatic rings. The minimum absolute atomic E-state index is 0.0291. The highest BCUT2D eigenvalue weighted by atomic mass is 79.9. The Kier molecular flexibility index (Phi) is 3.89. The van der Waals surface area contributed by atoms with E-state index in [4.69, 9.17) is 0 Å². The van der Waals surface area contributed by atoms with E-state index in [1.54, 1.807) is 11.6 Å². The van der Waals surface area contributed by atoms with Crippen molar-refractivity contribution in [2.45, 2.75) is 30.3 Å². The lowest BCUT2D eigenvalue weighted by Gasteiger charge is -2.17. The van der Waals surface area contributed by atoms with Crippen LogP contribution in [0.2, 0.25) is 0 Å². The van der Waals surface area contributed by atoms with Gasteiger partial charge in [0.25, 0.3) is 10.0 Å². The summed E-state index contributed by atoms with van der Waals surface area (Å²) in [6.07, 6.45) is 6.06. The number of hydrogen-bond acceptors (Lipinski definition) is 3. The van der Waals surface area contributed by atoms with Gasteiger partial charge in [0.1, 0.15) is 0 Å². The van der Waals surface area contributed by atoms with E-state index < -0.39 is 10.0 Å². The lowest BCUT2D eigenvalue weighted by molar-refractivity contribution is 0.483. The summed E-state index contributed by atoms with van der Waals surface area (Å²) in [4.78, 5) is 3.88. The third kappa shape index (κ3) is 2.89. The molecule has 0 amide bonds. The van der Waals surface area contributed by atoms with Gasteiger partial charge in [0.15, 0.2) is 5.03 Å². The molecule has 2 atom stereocenters. The number of imidazole rings is 1. The number of aryl methyl sites for hydroxylation is 1. The van der Waals surface area contributed by atoms with Crippen LogP contribution in [0.1, 0.15) is 19.3 Å². The van der Waals surface area contributed by atoms with Crippen LogP contribution in [0, 0.1) is 5.92 Å². The Hall–Kier alpha value is -0.400. The van der Waals surface area contributed by atoms with Crippen LogP contribution in [0.15, 0.2) is 17.6 Å². The van der Waals surface area contributed by atoms with Gasteiger partial charge >= 0.3 is 0 Å². The summed E-state index contributed by atoms with van der Waals surface area (Å²) in [5.41, 5.74) is 0. The van der Waals surface area contributed by atoms with Gasteiger partial charge in [-0.05, 0) is 18.8 Å². The Labute approximate surface area is 110 Å². The molecule has 1 heterocycles. The van der Waals surface area contributed by atoms with Gasteiger partial charge in [-0.15, -0.1) is 0 Å². The number of sulfonamides is 1. The lowest BCUT2D eigenvalue weighted by atomic mass is 10.1. The molecule has 0 radical (unpaired) electrons. The molecule has 0 saturated heterocycles. The number of nitrogens with zero attached hydrogens (tertiary/aromatic N) is 2. The maximum Gasteiger partial charge on any atom is 0.259 e. The first-order valence-corrected chi connectivity index (χ1v) is 8.19. The number of nitrogens with one attached hydrogen (secondary N) is 1. The summed E-state index contributed by atoms with van der Waals surface area (Å²) in [7, 11) is -1.72. The van der Waals surface area contributed by atoms with Crippen molar-refractivity contribution >= 4 is 26.0 Å². The maximum absolute atomic E-state index is 12.1. The van der Waals surface area contributed by atoms with Crippen LogP contribution in [0.3, 0.4) is 0 Å². The maximum atomic E-state index is 12.1. The molecule has 1 fully saturated rings. The highest BCUT2D eigenvalue weighted by Crippen LogP contribution is 2.28. The van der Waals surface area contributed by atoms with Crippen LogP contribution in [0.25, 0.3) is 0 Å². The van der Waals surface area contributed by atoms with Crippen LogP contribution in [-0.4, -0.2) is 29.3 Å². The summed E-state index contributed by atoms with van der Waals surface area (Å²) in [6, 6.07) is 0.0291. The van der Waals surface area contributed by atoms with Gasteiger partial charge in [0.05, 0.1) is 6.33 Å². The van der Waals surface area contributed by atoms with E-state index in [9.17, 15) is 8.42 Å². The average molecular weight is 322 g/mol. The quantitative estimate of drug-likeness (QED) is 0.849. The summed E-state index contributed by atoms with van der Waals surface area (Å²) in [5, 5.41) is 0.933. The second kappa shape index (κ2) is 5.07. The number of halogens is 1. The van der Waals surface area contributed by atoms with Gasteiger partial charge < -0.3 is 4.57 Å². The van der Waals surface area contributed by atoms with Crippen molar-refractivity contribution < 1.29 is 8.42 Å². The standard InChI is InChI=1S/C10H16BrN3O2S/c1-14-6-10(12-7-14)17(15,16)13-9-4-2-3-8(9)5-11/h6-9,13H,2-5H2,1H3. The fraction of sp³-hybridized carbons (Fsp3) is 0.700. The van der Waals surface area contributed by atoms with E-state index in [0.717, 1.165) is 24.6 Å². The summed E-state index contributed by atoms with van der Waals surface area (Å²) < 4.78 is 28.5. The van der Waals surface area contributed by atoms with Gasteiger partial charge in [-0.25, -0.2) is 18.1 Å². The second-order valence-corrected chi connectivity index (χ2v) is 6.76. The summed E-state index contributed by atoms with van der Waals surface area (Å²) >= 11 is 3.43. The molecule has 0 spiro atoms. The first kappa shape index (κ1) is 13.0. The molecule has 1 N–H and O–H groups in total. The monoisotopic (exact) mass is 321 g/mol. The van der Waals surface area contributed by atoms with Gasteiger partial charge in [-0.2, -0.15) is 0 Å². The summed E-state index contributed by atoms with van der Waals surface area (Å²) in [5.74, 6) is 0.383. The molecule has 1 saturated carbocycles. The molecule has 7 heteroatoms. The zero-order valence-electron chi connectivity index (χ0n) is 9.63. The Bertz CT molecular complexity index is 485. The van der Waals surface area contributed by atoms with Crippen molar-refractivity contribution in [1.82, 2.24) is 14.3 Å². The van der Waals surface area contributed by atoms with E-state index in [1.807, 2.05) is 0 Å². The number of rotatable bonds is 4. The number of alkyl halides is 1. The van der Waals surface area contributed by atoms with Crippen molar-refractivity contribution in [2.24, 2.45) is 13.0 Å². The number of hydrogen-bond donors (Lipinski definition) is 1. The highest BCUT2D eigenvalue weighted by molar-refractivity contribution is 9.09. The normalized spacial score (nSPS) is 25.3. The highest BCUT2D eigenvalue weighted by Gasteiger charge is 2.31. The fourth-order valence-corrected chi connectivity index (χ4v) is 4.26. The predicted molar refractivity (Wildman–Crippen MR) is 68.5 cm³/mol. The predicted octanol–water partition coefficient (Wildman–Crippen LogP) is 1.26. The Morgan fingerprint density at radius 2 is 2.35 bits per heavy atom. The molecule has 1 aromatic heterocycles. The molecule has 17 heavy (non-hydrogen) atoms. The third-order valence-electron chi connectivity index (χ3n) is 3.12. The zero-order valence-corrected chi connectivity index (χ0v) is 12.0. The van der Waals surface area contributed by atoms with Crippen LogP contribution in [0.5, 0.6) is 0 Å². The minimum Gasteiger partial charge on any atom is -0.339 e. The molecule has 0 aliphatic heterocycles. The van der Waals surface area contributed by atoms with Crippen molar-refractivity contribution in [3.05, 3.63) is 12.5 Å². The SMILES string of the molecule is Cn1cnc(S(=O)(=O)NC2CCCC2CBr)c1. The summed E-state index contributed by atoms with van der Waals surface area (Å²) in [6.45, 7) is 0. The molecule has 1 aliphatic carbocycles. The van der Waals surface area contributed by atoms with E-state index in [-0.39, 0.29) is 11.1 Å². The van der Waals surface area contributed by atoms with Gasteiger partial charge in [-0.3, -0.25) is 0 Å². The zero-order chi connectivity index (χ0) is 12.5. The van der Waals surface area contributed by atoms with Crippen LogP contribution < -0.4 is 4.72 Å². The fourth-order valence-electron chi connectivity index (χ4n) is 2.16. The molecule has 2 unspecified atom stereocenters. The average Bonchev–Trinajstić information content (AvgIpc) is 2.86. The van der Waals surface area contributed by atoms with E-state index in [1.165, 1.54) is 12.5 Å². The second-order valence-electron chi connectivity index (χ2n) is 4.45. The largest absolute Gasteiger partial charge is 0.339 e. The molecular weight excluding hydrogens is 306 g/mol. The minimum atomic E-state index is -3.47. The first-order chi connectivity index (χ1) is 8.03. The van der Waals surface area contributed by atoms with Crippen molar-refractivity contribution in [3.63, 3.8) is 0 Å². The van der Waals surface area contributed by atoms with Crippen molar-refractivity contribution in [1.29, 1.82) is 0 Å². The third-order valence-corrected chi connectivity index (χ3v) is 5.33. The van der Waals surface area contributed by atoms with E-state index in [2.05, 4.69) is 25.6 Å². The van der Waals surface area contributed by atoms with Crippen molar-refractivity contribution in [2.75, 3.05) is 5.33 Å². The molecule has 96 valence electrons. The Morgan fingerprint density at radius 3 is 2.94 bits per heavy atom. The van der Waals surface area contributed by atoms with Crippen LogP contribution in [0.4, 0.5) is 0 Å². The van der Waals surface area contributed by atoms with Gasteiger partial charge in [0, 0.05) is 24.6 Å². The molecule has 5 nitrogen and oxygen atoms in total. The van der Waals surface area contributed by atoms with Crippen LogP contribution in [-0.2, 0) is 17.1 Å². The van der Waals surface area contributed by atoms with Crippen molar-refractivity contribution in [3.8, 4) is 0 Å². The van der Waals surface area contributed by atoms with E-state index >= 15 is 0 Å². The topological polar surface area (TPSA) is 64.0 Å². The first-order valence-electron chi connectivity index (χ1n) is 5.59. The Morgan fingerprint density at radius 1 is 1.59 bits per heavy atom. The smallest absolute Gasteiger partial charge is 0.259 e. The van der Waals surface area contributed by atoms with Gasteiger partial charge in [-0.1, -0.05) is 22.4 Å². The van der Waals surface area contributed by atoms with Gasteiger partial charge in [0.2, 0.25) is 0 Å². The molecule has 1 aromatic rings. The molecule has 2 rings (SSSR count). The van der Waals surface area contributed by atoms with E-state index in [0.29, 0.717) is 5.92 Å². The molecule has 0 bridgehead atoms. The Balaban J connectivity index is 2.12. The lowest BCUT2D eigenvalue weighted by Crippen LogP contribution is -2.38.